The Bertz CT molecular complexity index is 1820. The largest absolute Gasteiger partial charge is 0.667 e. The number of likely N-dealkylation sites (tertiary alicyclic amines) is 1. The van der Waals surface area contributed by atoms with Crippen LogP contribution in [0, 0.1) is 30.1 Å². The molecule has 1 fully saturated rings. The number of nitrogens with zero attached hydrogens (tertiary/aromatic N) is 1. The number of hydrogen-bond donors (Lipinski definition) is 3. The molecule has 16 heteroatoms. The summed E-state index contributed by atoms with van der Waals surface area (Å²) in [6, 6.07) is 13.4. The molecule has 1 radical (unpaired) electrons. The van der Waals surface area contributed by atoms with Gasteiger partial charge in [0.05, 0.1) is 25.2 Å². The molecule has 1 heterocycles. The third-order valence-corrected chi connectivity index (χ3v) is 11.1. The maximum Gasteiger partial charge on any atom is 0.408 e. The van der Waals surface area contributed by atoms with Gasteiger partial charge in [0, 0.05) is 45.7 Å². The molecule has 1 saturated heterocycles. The minimum absolute atomic E-state index is 0. The third-order valence-electron chi connectivity index (χ3n) is 11.1. The van der Waals surface area contributed by atoms with Crippen LogP contribution in [0.25, 0.3) is 5.73 Å². The summed E-state index contributed by atoms with van der Waals surface area (Å²) in [6.45, 7) is 20.8. The quantitative estimate of drug-likeness (QED) is 0.0552. The van der Waals surface area contributed by atoms with E-state index in [4.69, 9.17) is 24.7 Å². The molecule has 0 bridgehead atoms. The van der Waals surface area contributed by atoms with E-state index in [1.807, 2.05) is 90.4 Å². The fourth-order valence-corrected chi connectivity index (χ4v) is 7.21. The molecule has 4 N–H and O–H groups in total. The van der Waals surface area contributed by atoms with Crippen LogP contribution in [0.3, 0.4) is 0 Å². The predicted molar refractivity (Wildman–Crippen MR) is 254 cm³/mol. The summed E-state index contributed by atoms with van der Waals surface area (Å²) >= 11 is 0. The summed E-state index contributed by atoms with van der Waals surface area (Å²) in [4.78, 5) is 78.1. The summed E-state index contributed by atoms with van der Waals surface area (Å²) in [5, 5.41) is 16.3. The van der Waals surface area contributed by atoms with E-state index >= 15 is 0 Å². The zero-order valence-electron chi connectivity index (χ0n) is 42.0. The number of amides is 3. The van der Waals surface area contributed by atoms with Crippen molar-refractivity contribution < 1.29 is 85.5 Å². The first kappa shape index (κ1) is 61.1. The molecule has 0 saturated carbocycles. The summed E-state index contributed by atoms with van der Waals surface area (Å²) in [5.41, 5.74) is 9.00. The van der Waals surface area contributed by atoms with Gasteiger partial charge >= 0.3 is 18.0 Å². The van der Waals surface area contributed by atoms with Crippen LogP contribution < -0.4 is 15.4 Å². The normalized spacial score (nSPS) is 16.7. The van der Waals surface area contributed by atoms with Crippen LogP contribution >= 0.6 is 0 Å². The Morgan fingerprint density at radius 1 is 0.910 bits per heavy atom. The summed E-state index contributed by atoms with van der Waals surface area (Å²) in [6.07, 6.45) is 1.82. The molecule has 373 valence electrons. The monoisotopic (exact) mass is 1010 g/mol. The number of Topliss-reactive ketones (excluding diaryl/α,β-unsaturated/α-hetero) is 1. The number of nitrogens with one attached hydrogen (secondary N) is 3. The number of aliphatic hydroxyl groups excluding tert-OH is 1. The van der Waals surface area contributed by atoms with Crippen molar-refractivity contribution in [3.8, 4) is 5.75 Å². The van der Waals surface area contributed by atoms with Crippen molar-refractivity contribution in [2.24, 2.45) is 23.7 Å². The Morgan fingerprint density at radius 3 is 2.09 bits per heavy atom. The molecule has 0 unspecified atom stereocenters. The van der Waals surface area contributed by atoms with Gasteiger partial charge in [-0.25, -0.2) is 9.59 Å². The van der Waals surface area contributed by atoms with Gasteiger partial charge in [-0.05, 0) is 82.1 Å². The molecule has 1 aliphatic rings. The summed E-state index contributed by atoms with van der Waals surface area (Å²) in [7, 11) is 1.58. The molecular weight excluding hydrogens is 933 g/mol. The number of esters is 2. The fraction of sp³-hybridized carbons (Fsp3) is 0.627. The number of ether oxygens (including phenoxy) is 4. The Kier molecular flexibility index (Phi) is 27.9. The molecule has 2 aromatic carbocycles. The van der Waals surface area contributed by atoms with Gasteiger partial charge in [0.1, 0.15) is 41.9 Å². The van der Waals surface area contributed by atoms with E-state index in [0.29, 0.717) is 38.0 Å². The molecule has 0 aromatic heterocycles. The van der Waals surface area contributed by atoms with Crippen LogP contribution in [0.2, 0.25) is 0 Å². The van der Waals surface area contributed by atoms with E-state index in [-0.39, 0.29) is 87.6 Å². The van der Waals surface area contributed by atoms with E-state index in [0.717, 1.165) is 17.5 Å². The number of methoxy groups -OCH3 is 1. The van der Waals surface area contributed by atoms with Gasteiger partial charge < -0.3 is 56.5 Å². The minimum atomic E-state index is -1.32. The van der Waals surface area contributed by atoms with Crippen molar-refractivity contribution in [2.45, 2.75) is 170 Å². The van der Waals surface area contributed by atoms with Gasteiger partial charge in [0.15, 0.2) is 0 Å². The predicted octanol–water partition coefficient (Wildman–Crippen LogP) is 7.99. The molecule has 0 aliphatic carbocycles. The number of ketones is 1. The molecular formula is C51H78N4O11Y-2. The maximum atomic E-state index is 13.6. The molecule has 0 spiro atoms. The van der Waals surface area contributed by atoms with Gasteiger partial charge in [0.2, 0.25) is 11.8 Å². The number of alkyl carbamates (subject to hydrolysis) is 1. The first-order valence-electron chi connectivity index (χ1n) is 23.3. The van der Waals surface area contributed by atoms with Crippen LogP contribution in [0.5, 0.6) is 5.75 Å². The molecule has 8 atom stereocenters. The van der Waals surface area contributed by atoms with Gasteiger partial charge in [-0.3, -0.25) is 14.4 Å². The summed E-state index contributed by atoms with van der Waals surface area (Å²) < 4.78 is 21.6. The first-order chi connectivity index (χ1) is 31.0. The van der Waals surface area contributed by atoms with E-state index in [2.05, 4.69) is 10.6 Å². The van der Waals surface area contributed by atoms with Crippen molar-refractivity contribution in [3.05, 3.63) is 77.9 Å². The number of hydrogen-bond acceptors (Lipinski definition) is 11. The number of carbonyl (C=O) groups excluding carboxylic acids is 6. The molecule has 1 aliphatic heterocycles. The first-order valence-corrected chi connectivity index (χ1v) is 23.3. The van der Waals surface area contributed by atoms with Gasteiger partial charge in [0.25, 0.3) is 0 Å². The molecule has 3 rings (SSSR count). The smallest absolute Gasteiger partial charge is 0.408 e. The zero-order chi connectivity index (χ0) is 49.7. The van der Waals surface area contributed by atoms with Gasteiger partial charge in [-0.15, -0.1) is 6.42 Å². The van der Waals surface area contributed by atoms with Crippen LogP contribution in [0.15, 0.2) is 54.6 Å². The second-order valence-electron chi connectivity index (χ2n) is 19.1. The molecule has 3 amide bonds. The number of benzene rings is 2. The molecule has 2 aromatic rings. The van der Waals surface area contributed by atoms with Crippen LogP contribution in [0.4, 0.5) is 4.79 Å². The minimum Gasteiger partial charge on any atom is -0.667 e. The van der Waals surface area contributed by atoms with Gasteiger partial charge in [-0.2, -0.15) is 5.92 Å². The molecule has 67 heavy (non-hydrogen) atoms. The second-order valence-corrected chi connectivity index (χ2v) is 19.1. The van der Waals surface area contributed by atoms with E-state index in [1.165, 1.54) is 11.8 Å². The zero-order valence-corrected chi connectivity index (χ0v) is 44.8. The van der Waals surface area contributed by atoms with E-state index in [9.17, 15) is 33.9 Å². The SMILES string of the molecule is CC(C)C[C@H]([NH-])C(=O)N1CCC[C@H]1C(=O)OCc1ccccc1.CC[C@H](C)[C@@H](NC(=O)[C@@H](NC(=O)OC(C)(C)C)[C@@H](C)OC(=O)[C@@H](C)Cc1ccc(OC)cc1)[C@@H](O)CC(=O)C[CH-]C(C)C.[Y]. The number of rotatable bonds is 23. The van der Waals surface area contributed by atoms with Gasteiger partial charge in [-0.1, -0.05) is 110 Å². The Hall–Kier alpha value is -3.92. The topological polar surface area (TPSA) is 211 Å². The fourth-order valence-electron chi connectivity index (χ4n) is 7.21. The van der Waals surface area contributed by atoms with Crippen molar-refractivity contribution in [3.63, 3.8) is 0 Å². The average Bonchev–Trinajstić information content (AvgIpc) is 3.75. The van der Waals surface area contributed by atoms with Crippen LogP contribution in [0.1, 0.15) is 126 Å². The summed E-state index contributed by atoms with van der Waals surface area (Å²) in [5.74, 6) is -1.48. The number of carbonyl (C=O) groups is 6. The number of aliphatic hydroxyl groups is 1. The second kappa shape index (κ2) is 30.5. The Morgan fingerprint density at radius 2 is 1.54 bits per heavy atom. The van der Waals surface area contributed by atoms with E-state index in [1.54, 1.807) is 46.9 Å². The van der Waals surface area contributed by atoms with Crippen molar-refractivity contribution >= 4 is 35.6 Å². The maximum absolute atomic E-state index is 13.6. The van der Waals surface area contributed by atoms with E-state index < -0.39 is 65.9 Å². The van der Waals surface area contributed by atoms with Crippen LogP contribution in [-0.2, 0) is 83.9 Å². The van der Waals surface area contributed by atoms with Crippen molar-refractivity contribution in [1.29, 1.82) is 0 Å². The Balaban J connectivity index is 0.000000783. The Labute approximate surface area is 425 Å². The molecule has 15 nitrogen and oxygen atoms in total. The van der Waals surface area contributed by atoms with Crippen LogP contribution in [-0.4, -0.2) is 101 Å². The van der Waals surface area contributed by atoms with Crippen molar-refractivity contribution in [1.82, 2.24) is 15.5 Å². The third kappa shape index (κ3) is 22.8. The average molecular weight is 1010 g/mol. The standard InChI is InChI=1S/C33H53N2O8.C18H25N2O3.Y/c1-11-21(4)28(27(37)19-25(36)15-12-20(2)3)34-30(38)29(35-32(40)43-33(7,8)9)23(6)42-31(39)22(5)18-24-13-16-26(41-10)17-14-24;1-13(2)11-15(19)17(21)20-10-6-9-16(20)18(22)23-12-14-7-4-3-5-8-14;/h12-14,16-17,20-23,27-29,37H,11,15,18-19H2,1-10H3,(H,34,38)(H,35,40);3-5,7-8,13,15-16,19H,6,9-12H2,1-2H3;/q2*-1;/t21-,22-,23+,27-,28+,29-;15-,16-;/m00./s1. The van der Waals surface area contributed by atoms with Crippen molar-refractivity contribution in [2.75, 3.05) is 13.7 Å².